The average molecular weight is 471 g/mol. The van der Waals surface area contributed by atoms with Crippen LogP contribution >= 0.6 is 0 Å². The van der Waals surface area contributed by atoms with E-state index < -0.39 is 0 Å². The first-order chi connectivity index (χ1) is 17.0. The maximum atomic E-state index is 12.6. The van der Waals surface area contributed by atoms with Gasteiger partial charge in [-0.2, -0.15) is 0 Å². The minimum Gasteiger partial charge on any atom is -0.481 e. The zero-order chi connectivity index (χ0) is 25.0. The summed E-state index contributed by atoms with van der Waals surface area (Å²) < 4.78 is 15.5. The monoisotopic (exact) mass is 470 g/mol. The Kier molecular flexibility index (Phi) is 9.23. The second-order valence-corrected chi connectivity index (χ2v) is 7.67. The molecule has 0 aliphatic carbocycles. The van der Waals surface area contributed by atoms with Crippen LogP contribution < -0.4 is 10.2 Å². The number of carbonyl (C=O) groups is 1. The molecule has 1 unspecified atom stereocenters. The van der Waals surface area contributed by atoms with E-state index >= 15 is 0 Å². The summed E-state index contributed by atoms with van der Waals surface area (Å²) in [5, 5.41) is 9.91. The molecule has 0 bridgehead atoms. The van der Waals surface area contributed by atoms with E-state index in [4.69, 9.17) is 13.9 Å². The van der Waals surface area contributed by atoms with Crippen LogP contribution in [0.5, 0.6) is 5.75 Å². The maximum absolute atomic E-state index is 12.6. The summed E-state index contributed by atoms with van der Waals surface area (Å²) in [6.07, 6.45) is 0.263. The Hall–Kier alpha value is -4.34. The summed E-state index contributed by atoms with van der Waals surface area (Å²) in [5.41, 5.74) is 3.21. The molecule has 3 aromatic carbocycles. The van der Waals surface area contributed by atoms with Crippen molar-refractivity contribution in [3.63, 3.8) is 0 Å². The molecule has 35 heavy (non-hydrogen) atoms. The Morgan fingerprint density at radius 1 is 1.03 bits per heavy atom. The van der Waals surface area contributed by atoms with E-state index in [0.29, 0.717) is 35.4 Å². The molecule has 0 aliphatic rings. The van der Waals surface area contributed by atoms with Gasteiger partial charge in [0, 0.05) is 17.2 Å². The third kappa shape index (κ3) is 7.60. The largest absolute Gasteiger partial charge is 0.481 e. The molecule has 0 saturated heterocycles. The normalized spacial score (nSPS) is 10.8. The van der Waals surface area contributed by atoms with Gasteiger partial charge in [0.2, 0.25) is 0 Å². The first-order valence-corrected chi connectivity index (χ1v) is 11.0. The van der Waals surface area contributed by atoms with E-state index in [1.165, 1.54) is 13.2 Å². The van der Waals surface area contributed by atoms with Crippen molar-refractivity contribution in [3.05, 3.63) is 100 Å². The first kappa shape index (κ1) is 25.3. The number of aliphatic hydroxyl groups excluding tert-OH is 1. The highest BCUT2D eigenvalue weighted by Crippen LogP contribution is 2.24. The molecule has 1 atom stereocenters. The van der Waals surface area contributed by atoms with Gasteiger partial charge in [0.1, 0.15) is 23.7 Å². The molecule has 6 nitrogen and oxygen atoms in total. The minimum absolute atomic E-state index is 0.117. The van der Waals surface area contributed by atoms with Crippen LogP contribution in [-0.2, 0) is 16.0 Å². The van der Waals surface area contributed by atoms with Gasteiger partial charge in [-0.1, -0.05) is 54.3 Å². The highest BCUT2D eigenvalue weighted by Gasteiger charge is 2.08. The number of rotatable bonds is 6. The fourth-order valence-electron chi connectivity index (χ4n) is 3.29. The van der Waals surface area contributed by atoms with Gasteiger partial charge in [0.05, 0.1) is 18.6 Å². The van der Waals surface area contributed by atoms with Crippen molar-refractivity contribution in [1.29, 1.82) is 0 Å². The van der Waals surface area contributed by atoms with Crippen LogP contribution in [0, 0.1) is 11.8 Å². The van der Waals surface area contributed by atoms with Crippen LogP contribution in [0.25, 0.3) is 22.3 Å². The quantitative estimate of drug-likeness (QED) is 0.327. The SMILES string of the molecule is CC(O)Cc1ccc(C#CCOc2ccc3oc(-c4ccccc4)cc(=O)c3c2)cc1.COC=O. The molecule has 0 spiro atoms. The van der Waals surface area contributed by atoms with Crippen LogP contribution in [0.3, 0.4) is 0 Å². The Labute approximate surface area is 203 Å². The van der Waals surface area contributed by atoms with Crippen molar-refractivity contribution >= 4 is 17.4 Å². The highest BCUT2D eigenvalue weighted by atomic mass is 16.5. The van der Waals surface area contributed by atoms with Gasteiger partial charge in [-0.15, -0.1) is 0 Å². The number of benzene rings is 3. The van der Waals surface area contributed by atoms with E-state index in [2.05, 4.69) is 16.6 Å². The van der Waals surface area contributed by atoms with E-state index in [1.54, 1.807) is 25.1 Å². The number of fused-ring (bicyclic) bond motifs is 1. The van der Waals surface area contributed by atoms with Gasteiger partial charge in [-0.05, 0) is 49.2 Å². The van der Waals surface area contributed by atoms with Crippen molar-refractivity contribution in [2.75, 3.05) is 13.7 Å². The van der Waals surface area contributed by atoms with E-state index in [-0.39, 0.29) is 18.1 Å². The minimum atomic E-state index is -0.361. The van der Waals surface area contributed by atoms with Gasteiger partial charge >= 0.3 is 0 Å². The Bertz CT molecular complexity index is 1360. The predicted octanol–water partition coefficient (Wildman–Crippen LogP) is 4.60. The molecule has 1 aromatic heterocycles. The molecule has 0 amide bonds. The summed E-state index contributed by atoms with van der Waals surface area (Å²) in [6, 6.07) is 24.0. The summed E-state index contributed by atoms with van der Waals surface area (Å²) in [5.74, 6) is 7.14. The molecular formula is C29H26O6. The molecule has 0 aliphatic heterocycles. The van der Waals surface area contributed by atoms with Crippen molar-refractivity contribution in [2.24, 2.45) is 0 Å². The van der Waals surface area contributed by atoms with Crippen LogP contribution in [0.1, 0.15) is 18.1 Å². The molecule has 4 aromatic rings. The van der Waals surface area contributed by atoms with E-state index in [9.17, 15) is 9.90 Å². The zero-order valence-electron chi connectivity index (χ0n) is 19.6. The molecule has 4 rings (SSSR count). The smallest absolute Gasteiger partial charge is 0.292 e. The average Bonchev–Trinajstić information content (AvgIpc) is 2.88. The first-order valence-electron chi connectivity index (χ1n) is 11.0. The molecule has 0 radical (unpaired) electrons. The lowest BCUT2D eigenvalue weighted by molar-refractivity contribution is -0.126. The Morgan fingerprint density at radius 3 is 2.40 bits per heavy atom. The van der Waals surface area contributed by atoms with Crippen molar-refractivity contribution in [3.8, 4) is 28.9 Å². The fraction of sp³-hybridized carbons (Fsp3) is 0.172. The Balaban J connectivity index is 0.000000795. The molecule has 0 saturated carbocycles. The summed E-state index contributed by atoms with van der Waals surface area (Å²) in [7, 11) is 1.31. The maximum Gasteiger partial charge on any atom is 0.292 e. The predicted molar refractivity (Wildman–Crippen MR) is 135 cm³/mol. The fourth-order valence-corrected chi connectivity index (χ4v) is 3.29. The van der Waals surface area contributed by atoms with Crippen LogP contribution in [0.15, 0.2) is 88.1 Å². The topological polar surface area (TPSA) is 86.0 Å². The molecule has 0 fully saturated rings. The summed E-state index contributed by atoms with van der Waals surface area (Å²) >= 11 is 0. The molecule has 6 heteroatoms. The molecule has 178 valence electrons. The van der Waals surface area contributed by atoms with Gasteiger partial charge in [-0.3, -0.25) is 9.59 Å². The number of hydrogen-bond donors (Lipinski definition) is 1. The third-order valence-electron chi connectivity index (χ3n) is 4.88. The number of hydrogen-bond acceptors (Lipinski definition) is 6. The summed E-state index contributed by atoms with van der Waals surface area (Å²) in [4.78, 5) is 21.5. The van der Waals surface area contributed by atoms with Gasteiger partial charge < -0.3 is 19.0 Å². The lowest BCUT2D eigenvalue weighted by Gasteiger charge is -2.06. The van der Waals surface area contributed by atoms with E-state index in [1.807, 2.05) is 54.6 Å². The molecular weight excluding hydrogens is 444 g/mol. The van der Waals surface area contributed by atoms with Crippen molar-refractivity contribution in [1.82, 2.24) is 0 Å². The second-order valence-electron chi connectivity index (χ2n) is 7.67. The number of carbonyl (C=O) groups excluding carboxylic acids is 1. The lowest BCUT2D eigenvalue weighted by atomic mass is 10.1. The standard InChI is InChI=1S/C27H22O4.C2H4O2/c1-19(28)16-21-11-9-20(10-12-21)6-5-15-30-23-13-14-26-24(17-23)25(29)18-27(31-26)22-7-3-2-4-8-22;1-4-2-3/h2-4,7-14,17-19,28H,15-16H2,1H3;2H,1H3. The van der Waals surface area contributed by atoms with Crippen molar-refractivity contribution < 1.29 is 23.8 Å². The summed E-state index contributed by atoms with van der Waals surface area (Å²) in [6.45, 7) is 2.35. The third-order valence-corrected chi connectivity index (χ3v) is 4.88. The second kappa shape index (κ2) is 12.8. The van der Waals surface area contributed by atoms with Crippen LogP contribution in [0.2, 0.25) is 0 Å². The highest BCUT2D eigenvalue weighted by molar-refractivity contribution is 5.80. The van der Waals surface area contributed by atoms with Gasteiger partial charge in [-0.25, -0.2) is 0 Å². The van der Waals surface area contributed by atoms with Crippen LogP contribution in [-0.4, -0.2) is 31.4 Å². The molecule has 1 heterocycles. The van der Waals surface area contributed by atoms with E-state index in [0.717, 1.165) is 16.7 Å². The number of methoxy groups -OCH3 is 1. The van der Waals surface area contributed by atoms with Gasteiger partial charge in [0.25, 0.3) is 6.47 Å². The zero-order valence-corrected chi connectivity index (χ0v) is 19.6. The number of ether oxygens (including phenoxy) is 2. The van der Waals surface area contributed by atoms with Crippen molar-refractivity contribution in [2.45, 2.75) is 19.4 Å². The number of aliphatic hydroxyl groups is 1. The Morgan fingerprint density at radius 2 is 1.74 bits per heavy atom. The molecule has 1 N–H and O–H groups in total. The van der Waals surface area contributed by atoms with Gasteiger partial charge in [0.15, 0.2) is 5.43 Å². The lowest BCUT2D eigenvalue weighted by Crippen LogP contribution is -2.03. The van der Waals surface area contributed by atoms with Crippen LogP contribution in [0.4, 0.5) is 0 Å².